The van der Waals surface area contributed by atoms with E-state index in [2.05, 4.69) is 66.7 Å². The highest BCUT2D eigenvalue weighted by atomic mass is 32.1. The highest BCUT2D eigenvalue weighted by Gasteiger charge is 2.19. The van der Waals surface area contributed by atoms with Crippen molar-refractivity contribution in [1.29, 1.82) is 0 Å². The first-order chi connectivity index (χ1) is 21.8. The van der Waals surface area contributed by atoms with Gasteiger partial charge in [0, 0.05) is 47.6 Å². The number of benzene rings is 6. The molecule has 0 fully saturated rings. The van der Waals surface area contributed by atoms with Crippen molar-refractivity contribution in [2.24, 2.45) is 0 Å². The first-order valence-corrected chi connectivity index (χ1v) is 15.3. The van der Waals surface area contributed by atoms with Gasteiger partial charge in [-0.05, 0) is 35.4 Å². The minimum atomic E-state index is 0.614. The van der Waals surface area contributed by atoms with Crippen LogP contribution in [0.3, 0.4) is 0 Å². The quantitative estimate of drug-likeness (QED) is 0.207. The van der Waals surface area contributed by atoms with Crippen LogP contribution < -0.4 is 0 Å². The molecule has 9 aromatic rings. The van der Waals surface area contributed by atoms with E-state index in [1.54, 1.807) is 0 Å². The normalized spacial score (nSPS) is 11.6. The maximum absolute atomic E-state index is 6.40. The third-order valence-electron chi connectivity index (χ3n) is 8.15. The Morgan fingerprint density at radius 3 is 1.84 bits per heavy atom. The largest absolute Gasteiger partial charge is 0.456 e. The van der Waals surface area contributed by atoms with Crippen molar-refractivity contribution in [3.8, 4) is 45.3 Å². The Kier molecular flexibility index (Phi) is 5.64. The molecule has 9 rings (SSSR count). The van der Waals surface area contributed by atoms with Crippen molar-refractivity contribution >= 4 is 53.4 Å². The molecule has 5 heteroatoms. The molecular formula is C39H23N3OS. The van der Waals surface area contributed by atoms with E-state index in [1.165, 1.54) is 25.7 Å². The Hall–Kier alpha value is -5.65. The van der Waals surface area contributed by atoms with E-state index < -0.39 is 0 Å². The van der Waals surface area contributed by atoms with E-state index in [0.29, 0.717) is 17.5 Å². The van der Waals surface area contributed by atoms with Gasteiger partial charge >= 0.3 is 0 Å². The molecule has 6 aromatic carbocycles. The third-order valence-corrected chi connectivity index (χ3v) is 9.37. The SMILES string of the molecule is c1ccc(-c2nc(-c3ccccc3)nc(-c3cccc4oc5ccc(-c6cccc7c6sc6ccccc67)cc5c34)n2)cc1. The molecule has 0 bridgehead atoms. The first-order valence-electron chi connectivity index (χ1n) is 14.5. The van der Waals surface area contributed by atoms with Crippen LogP contribution in [-0.4, -0.2) is 15.0 Å². The van der Waals surface area contributed by atoms with Crippen LogP contribution in [0, 0.1) is 0 Å². The van der Waals surface area contributed by atoms with Gasteiger partial charge in [-0.2, -0.15) is 0 Å². The number of thiophene rings is 1. The molecule has 3 aromatic heterocycles. The van der Waals surface area contributed by atoms with Crippen LogP contribution in [0.25, 0.3) is 87.4 Å². The molecule has 0 spiro atoms. The summed E-state index contributed by atoms with van der Waals surface area (Å²) in [5.74, 6) is 1.88. The molecule has 0 unspecified atom stereocenters. The fourth-order valence-corrected chi connectivity index (χ4v) is 7.32. The summed E-state index contributed by atoms with van der Waals surface area (Å²) in [5, 5.41) is 4.61. The summed E-state index contributed by atoms with van der Waals surface area (Å²) in [4.78, 5) is 14.9. The summed E-state index contributed by atoms with van der Waals surface area (Å²) in [6, 6.07) is 47.9. The second kappa shape index (κ2) is 9.97. The van der Waals surface area contributed by atoms with Gasteiger partial charge in [-0.25, -0.2) is 15.0 Å². The zero-order valence-electron chi connectivity index (χ0n) is 23.4. The molecule has 0 saturated heterocycles. The summed E-state index contributed by atoms with van der Waals surface area (Å²) < 4.78 is 8.99. The molecule has 0 aliphatic rings. The predicted molar refractivity (Wildman–Crippen MR) is 182 cm³/mol. The van der Waals surface area contributed by atoms with Crippen LogP contribution in [0.1, 0.15) is 0 Å². The molecule has 4 nitrogen and oxygen atoms in total. The summed E-state index contributed by atoms with van der Waals surface area (Å²) in [5.41, 5.74) is 6.80. The summed E-state index contributed by atoms with van der Waals surface area (Å²) >= 11 is 1.84. The lowest BCUT2D eigenvalue weighted by atomic mass is 9.99. The van der Waals surface area contributed by atoms with Crippen LogP contribution in [-0.2, 0) is 0 Å². The van der Waals surface area contributed by atoms with Gasteiger partial charge in [-0.1, -0.05) is 115 Å². The van der Waals surface area contributed by atoms with Crippen LogP contribution in [0.15, 0.2) is 144 Å². The third kappa shape index (κ3) is 4.02. The molecule has 44 heavy (non-hydrogen) atoms. The van der Waals surface area contributed by atoms with E-state index in [-0.39, 0.29) is 0 Å². The van der Waals surface area contributed by atoms with Gasteiger partial charge in [0.05, 0.1) is 0 Å². The maximum Gasteiger partial charge on any atom is 0.164 e. The van der Waals surface area contributed by atoms with Crippen LogP contribution in [0.4, 0.5) is 0 Å². The number of hydrogen-bond donors (Lipinski definition) is 0. The molecule has 0 atom stereocenters. The fraction of sp³-hybridized carbons (Fsp3) is 0. The zero-order chi connectivity index (χ0) is 29.0. The number of fused-ring (bicyclic) bond motifs is 6. The van der Waals surface area contributed by atoms with Crippen molar-refractivity contribution in [3.05, 3.63) is 140 Å². The Morgan fingerprint density at radius 1 is 0.432 bits per heavy atom. The predicted octanol–water partition coefficient (Wildman–Crippen LogP) is 10.8. The van der Waals surface area contributed by atoms with E-state index in [4.69, 9.17) is 19.4 Å². The van der Waals surface area contributed by atoms with Crippen LogP contribution >= 0.6 is 11.3 Å². The minimum absolute atomic E-state index is 0.614. The van der Waals surface area contributed by atoms with Crippen molar-refractivity contribution in [3.63, 3.8) is 0 Å². The lowest BCUT2D eigenvalue weighted by Gasteiger charge is -2.09. The van der Waals surface area contributed by atoms with Crippen molar-refractivity contribution < 1.29 is 4.42 Å². The average molecular weight is 582 g/mol. The number of hydrogen-bond acceptors (Lipinski definition) is 5. The number of furan rings is 1. The fourth-order valence-electron chi connectivity index (χ4n) is 6.08. The summed E-state index contributed by atoms with van der Waals surface area (Å²) in [6.45, 7) is 0. The topological polar surface area (TPSA) is 51.8 Å². The van der Waals surface area contributed by atoms with Crippen LogP contribution in [0.5, 0.6) is 0 Å². The maximum atomic E-state index is 6.40. The molecule has 0 aliphatic carbocycles. The van der Waals surface area contributed by atoms with Crippen molar-refractivity contribution in [1.82, 2.24) is 15.0 Å². The highest BCUT2D eigenvalue weighted by molar-refractivity contribution is 7.26. The average Bonchev–Trinajstić information content (AvgIpc) is 3.67. The zero-order valence-corrected chi connectivity index (χ0v) is 24.3. The van der Waals surface area contributed by atoms with Crippen molar-refractivity contribution in [2.75, 3.05) is 0 Å². The van der Waals surface area contributed by atoms with Gasteiger partial charge in [0.15, 0.2) is 17.5 Å². The molecule has 0 saturated carbocycles. The van der Waals surface area contributed by atoms with Gasteiger partial charge in [-0.3, -0.25) is 0 Å². The molecule has 0 radical (unpaired) electrons. The van der Waals surface area contributed by atoms with E-state index in [1.807, 2.05) is 84.1 Å². The van der Waals surface area contributed by atoms with E-state index in [0.717, 1.165) is 44.2 Å². The molecule has 0 amide bonds. The molecular weight excluding hydrogens is 559 g/mol. The standard InChI is InChI=1S/C39H23N3OS/c1-3-11-24(12-4-1)37-40-38(25-13-5-2-6-14-25)42-39(41-37)30-18-10-19-33-35(30)31-23-26(21-22-32(31)43-33)27-16-9-17-29-28-15-7-8-20-34(28)44-36(27)29/h1-23H. The van der Waals surface area contributed by atoms with E-state index in [9.17, 15) is 0 Å². The van der Waals surface area contributed by atoms with Gasteiger partial charge in [-0.15, -0.1) is 11.3 Å². The second-order valence-corrected chi connectivity index (χ2v) is 11.9. The minimum Gasteiger partial charge on any atom is -0.456 e. The van der Waals surface area contributed by atoms with E-state index >= 15 is 0 Å². The molecule has 206 valence electrons. The first kappa shape index (κ1) is 24.9. The Bertz CT molecular complexity index is 2440. The summed E-state index contributed by atoms with van der Waals surface area (Å²) in [6.07, 6.45) is 0. The van der Waals surface area contributed by atoms with Gasteiger partial charge < -0.3 is 4.42 Å². The highest BCUT2D eigenvalue weighted by Crippen LogP contribution is 2.42. The Balaban J connectivity index is 1.28. The molecule has 0 N–H and O–H groups in total. The Morgan fingerprint density at radius 2 is 1.07 bits per heavy atom. The van der Waals surface area contributed by atoms with Gasteiger partial charge in [0.25, 0.3) is 0 Å². The Labute approximate surface area is 256 Å². The smallest absolute Gasteiger partial charge is 0.164 e. The molecule has 3 heterocycles. The molecule has 0 aliphatic heterocycles. The van der Waals surface area contributed by atoms with Crippen LogP contribution in [0.2, 0.25) is 0 Å². The number of aromatic nitrogens is 3. The summed E-state index contributed by atoms with van der Waals surface area (Å²) in [7, 11) is 0. The number of rotatable bonds is 4. The van der Waals surface area contributed by atoms with Gasteiger partial charge in [0.2, 0.25) is 0 Å². The van der Waals surface area contributed by atoms with Gasteiger partial charge in [0.1, 0.15) is 11.2 Å². The lowest BCUT2D eigenvalue weighted by molar-refractivity contribution is 0.669. The van der Waals surface area contributed by atoms with Crippen molar-refractivity contribution in [2.45, 2.75) is 0 Å². The lowest BCUT2D eigenvalue weighted by Crippen LogP contribution is -2.00. The number of nitrogens with zero attached hydrogens (tertiary/aromatic N) is 3. The monoisotopic (exact) mass is 581 g/mol. The second-order valence-electron chi connectivity index (χ2n) is 10.8.